The Morgan fingerprint density at radius 3 is 2.57 bits per heavy atom. The summed E-state index contributed by atoms with van der Waals surface area (Å²) in [6.07, 6.45) is 0. The van der Waals surface area contributed by atoms with Crippen molar-refractivity contribution in [2.45, 2.75) is 13.0 Å². The van der Waals surface area contributed by atoms with E-state index < -0.39 is 17.9 Å². The van der Waals surface area contributed by atoms with Crippen LogP contribution in [0.15, 0.2) is 71.5 Å². The molecule has 0 aliphatic heterocycles. The molecule has 1 unspecified atom stereocenters. The van der Waals surface area contributed by atoms with E-state index in [1.165, 1.54) is 40.8 Å². The van der Waals surface area contributed by atoms with Gasteiger partial charge >= 0.3 is 6.03 Å². The Balaban J connectivity index is 1.72. The van der Waals surface area contributed by atoms with Crippen LogP contribution >= 0.6 is 11.6 Å². The van der Waals surface area contributed by atoms with Crippen molar-refractivity contribution >= 4 is 39.9 Å². The zero-order valence-electron chi connectivity index (χ0n) is 19.3. The van der Waals surface area contributed by atoms with Crippen molar-refractivity contribution < 1.29 is 14.0 Å². The van der Waals surface area contributed by atoms with Gasteiger partial charge in [0.05, 0.1) is 40.5 Å². The molecular weight excluding hydrogens is 473 g/mol. The number of aromatic nitrogens is 2. The molecule has 10 heteroatoms. The average Bonchev–Trinajstić information content (AvgIpc) is 2.86. The van der Waals surface area contributed by atoms with Gasteiger partial charge in [0.25, 0.3) is 5.56 Å². The number of halogens is 2. The molecule has 0 bridgehead atoms. The normalized spacial score (nSPS) is 11.8. The molecule has 3 aromatic carbocycles. The fraction of sp³-hybridized carbons (Fsp3) is 0.160. The molecule has 1 heterocycles. The lowest BCUT2D eigenvalue weighted by atomic mass is 10.2. The van der Waals surface area contributed by atoms with Gasteiger partial charge in [-0.3, -0.25) is 19.7 Å². The molecule has 0 radical (unpaired) electrons. The molecule has 0 saturated heterocycles. The summed E-state index contributed by atoms with van der Waals surface area (Å²) in [5.74, 6) is -0.0947. The van der Waals surface area contributed by atoms with Gasteiger partial charge in [0.15, 0.2) is 0 Å². The number of nitrogens with one attached hydrogen (secondary N) is 2. The van der Waals surface area contributed by atoms with Gasteiger partial charge < -0.3 is 10.2 Å². The number of amides is 2. The molecule has 2 amide bonds. The third-order valence-corrected chi connectivity index (χ3v) is 5.92. The number of hydrogen-bond acceptors (Lipinski definition) is 5. The molecule has 2 N–H and O–H groups in total. The second-order valence-electron chi connectivity index (χ2n) is 7.82. The van der Waals surface area contributed by atoms with E-state index in [-0.39, 0.29) is 5.56 Å². The van der Waals surface area contributed by atoms with Crippen molar-refractivity contribution in [2.24, 2.45) is 0 Å². The lowest BCUT2D eigenvalue weighted by Gasteiger charge is -2.27. The van der Waals surface area contributed by atoms with E-state index in [9.17, 15) is 14.0 Å². The summed E-state index contributed by atoms with van der Waals surface area (Å²) in [4.78, 5) is 37.5. The van der Waals surface area contributed by atoms with E-state index in [1.54, 1.807) is 56.4 Å². The maximum Gasteiger partial charge on any atom is 0.322 e. The van der Waals surface area contributed by atoms with Crippen molar-refractivity contribution in [3.05, 3.63) is 93.7 Å². The van der Waals surface area contributed by atoms with Crippen LogP contribution in [0.25, 0.3) is 16.6 Å². The number of para-hydroxylation sites is 1. The summed E-state index contributed by atoms with van der Waals surface area (Å²) in [6.45, 7) is 1.76. The smallest absolute Gasteiger partial charge is 0.318 e. The second kappa shape index (κ2) is 10.1. The number of carbonyl (C=O) groups excluding carboxylic acids is 1. The minimum Gasteiger partial charge on any atom is -0.318 e. The number of carbonyl (C=O) groups is 1. The van der Waals surface area contributed by atoms with E-state index in [0.717, 1.165) is 0 Å². The second-order valence-corrected chi connectivity index (χ2v) is 8.23. The van der Waals surface area contributed by atoms with E-state index in [1.807, 2.05) is 0 Å². The highest BCUT2D eigenvalue weighted by molar-refractivity contribution is 6.33. The van der Waals surface area contributed by atoms with Crippen molar-refractivity contribution in [1.82, 2.24) is 14.5 Å². The Morgan fingerprint density at radius 2 is 1.86 bits per heavy atom. The van der Waals surface area contributed by atoms with Gasteiger partial charge in [-0.1, -0.05) is 23.7 Å². The maximum atomic E-state index is 13.6. The van der Waals surface area contributed by atoms with Gasteiger partial charge in [-0.25, -0.2) is 14.2 Å². The van der Waals surface area contributed by atoms with E-state index >= 15 is 0 Å². The minimum atomic E-state index is -0.624. The Hall–Kier alpha value is -3.95. The number of fused-ring (bicyclic) bond motifs is 1. The van der Waals surface area contributed by atoms with Crippen LogP contribution in [0, 0.1) is 5.82 Å². The first-order valence-electron chi connectivity index (χ1n) is 10.7. The Labute approximate surface area is 205 Å². The zero-order chi connectivity index (χ0) is 25.1. The summed E-state index contributed by atoms with van der Waals surface area (Å²) in [5.41, 5.74) is 4.25. The predicted molar refractivity (Wildman–Crippen MR) is 135 cm³/mol. The molecule has 0 aliphatic rings. The molecule has 0 spiro atoms. The molecule has 1 aromatic heterocycles. The fourth-order valence-electron chi connectivity index (χ4n) is 3.62. The molecule has 8 nitrogen and oxygen atoms in total. The van der Waals surface area contributed by atoms with Crippen molar-refractivity contribution in [2.75, 3.05) is 25.0 Å². The van der Waals surface area contributed by atoms with Crippen LogP contribution in [0.5, 0.6) is 0 Å². The average molecular weight is 496 g/mol. The molecular formula is C25H23ClFN5O3. The van der Waals surface area contributed by atoms with Crippen molar-refractivity contribution in [1.29, 1.82) is 0 Å². The molecule has 180 valence electrons. The van der Waals surface area contributed by atoms with Crippen LogP contribution in [-0.4, -0.2) is 34.6 Å². The van der Waals surface area contributed by atoms with Crippen molar-refractivity contribution in [3.63, 3.8) is 0 Å². The number of rotatable bonds is 6. The molecule has 0 aliphatic carbocycles. The monoisotopic (exact) mass is 495 g/mol. The maximum absolute atomic E-state index is 13.6. The molecule has 4 aromatic rings. The van der Waals surface area contributed by atoms with E-state index in [2.05, 4.69) is 10.8 Å². The predicted octanol–water partition coefficient (Wildman–Crippen LogP) is 5.38. The fourth-order valence-corrected chi connectivity index (χ4v) is 3.78. The zero-order valence-corrected chi connectivity index (χ0v) is 20.0. The Morgan fingerprint density at radius 1 is 1.14 bits per heavy atom. The first-order chi connectivity index (χ1) is 16.8. The largest absolute Gasteiger partial charge is 0.322 e. The summed E-state index contributed by atoms with van der Waals surface area (Å²) >= 11 is 6.12. The van der Waals surface area contributed by atoms with Gasteiger partial charge in [0, 0.05) is 12.7 Å². The lowest BCUT2D eigenvalue weighted by Crippen LogP contribution is -2.37. The number of hydrogen-bond donors (Lipinski definition) is 2. The van der Waals surface area contributed by atoms with E-state index in [4.69, 9.17) is 21.4 Å². The van der Waals surface area contributed by atoms with Crippen LogP contribution in [0.4, 0.5) is 20.6 Å². The first-order valence-corrected chi connectivity index (χ1v) is 11.1. The molecule has 35 heavy (non-hydrogen) atoms. The summed E-state index contributed by atoms with van der Waals surface area (Å²) in [7, 11) is 3.05. The molecule has 0 fully saturated rings. The molecule has 4 rings (SSSR count). The summed E-state index contributed by atoms with van der Waals surface area (Å²) in [5, 5.41) is 3.65. The van der Waals surface area contributed by atoms with Crippen LogP contribution in [0.1, 0.15) is 18.8 Å². The van der Waals surface area contributed by atoms with E-state index in [0.29, 0.717) is 38.8 Å². The van der Waals surface area contributed by atoms with Gasteiger partial charge in [0.2, 0.25) is 0 Å². The third-order valence-electron chi connectivity index (χ3n) is 5.59. The lowest BCUT2D eigenvalue weighted by molar-refractivity contribution is 0.205. The summed E-state index contributed by atoms with van der Waals surface area (Å²) in [6, 6.07) is 16.4. The molecule has 1 atom stereocenters. The number of urea groups is 1. The van der Waals surface area contributed by atoms with Crippen molar-refractivity contribution in [3.8, 4) is 5.69 Å². The van der Waals surface area contributed by atoms with Gasteiger partial charge in [0.1, 0.15) is 11.6 Å². The highest BCUT2D eigenvalue weighted by Gasteiger charge is 2.24. The highest BCUT2D eigenvalue weighted by atomic mass is 35.5. The standard InChI is InChI=1S/C25H23ClFN5O3/c1-15(31(2)25(34)28-17-10-13-20(26)22(14-17)30-35-3)23-29-21-7-5-4-6-19(21)24(33)32(23)18-11-8-16(27)9-12-18/h4-15,30H,1-3H3,(H,28,34). The Bertz CT molecular complexity index is 1440. The SMILES string of the molecule is CONc1cc(NC(=O)N(C)C(C)c2nc3ccccc3c(=O)n2-c2ccc(F)cc2)ccc1Cl. The quantitative estimate of drug-likeness (QED) is 0.351. The minimum absolute atomic E-state index is 0.314. The first kappa shape index (κ1) is 24.2. The number of benzene rings is 3. The van der Waals surface area contributed by atoms with Crippen LogP contribution in [0.2, 0.25) is 5.02 Å². The summed E-state index contributed by atoms with van der Waals surface area (Å²) < 4.78 is 15.0. The van der Waals surface area contributed by atoms with Gasteiger partial charge in [-0.05, 0) is 61.5 Å². The molecule has 0 saturated carbocycles. The number of nitrogens with zero attached hydrogens (tertiary/aromatic N) is 3. The van der Waals surface area contributed by atoms with Crippen LogP contribution in [0.3, 0.4) is 0 Å². The van der Waals surface area contributed by atoms with Crippen LogP contribution < -0.4 is 16.4 Å². The highest BCUT2D eigenvalue weighted by Crippen LogP contribution is 2.27. The topological polar surface area (TPSA) is 88.5 Å². The number of anilines is 2. The van der Waals surface area contributed by atoms with Gasteiger partial charge in [-0.2, -0.15) is 0 Å². The van der Waals surface area contributed by atoms with Crippen LogP contribution in [-0.2, 0) is 4.84 Å². The third kappa shape index (κ3) is 4.96. The van der Waals surface area contributed by atoms with Gasteiger partial charge in [-0.15, -0.1) is 0 Å². The Kier molecular flexibility index (Phi) is 6.99.